The maximum Gasteiger partial charge on any atom is 0.410 e. The first-order valence-corrected chi connectivity index (χ1v) is 12.8. The van der Waals surface area contributed by atoms with E-state index in [-0.39, 0.29) is 6.09 Å². The Bertz CT molecular complexity index is 1240. The number of carbonyl (C=O) groups excluding carboxylic acids is 1. The first kappa shape index (κ1) is 26.4. The van der Waals surface area contributed by atoms with Gasteiger partial charge in [-0.1, -0.05) is 6.07 Å². The number of anilines is 2. The molecule has 1 aromatic carbocycles. The van der Waals surface area contributed by atoms with Crippen molar-refractivity contribution >= 4 is 28.6 Å². The van der Waals surface area contributed by atoms with E-state index in [1.54, 1.807) is 4.90 Å². The van der Waals surface area contributed by atoms with E-state index in [1.807, 2.05) is 58.0 Å². The topological polar surface area (TPSA) is 142 Å². The zero-order chi connectivity index (χ0) is 26.6. The van der Waals surface area contributed by atoms with E-state index >= 15 is 0 Å². The molecule has 5 N–H and O–H groups in total. The van der Waals surface area contributed by atoms with Crippen LogP contribution < -0.4 is 21.5 Å². The summed E-state index contributed by atoms with van der Waals surface area (Å²) in [5.74, 6) is 1.94. The van der Waals surface area contributed by atoms with Gasteiger partial charge in [0.15, 0.2) is 0 Å². The van der Waals surface area contributed by atoms with Crippen molar-refractivity contribution in [2.75, 3.05) is 37.3 Å². The normalized spacial score (nSPS) is 15.4. The van der Waals surface area contributed by atoms with Crippen LogP contribution in [0, 0.1) is 5.92 Å². The number of nitrogens with two attached hydrogens (primary N) is 2. The third-order valence-corrected chi connectivity index (χ3v) is 6.39. The molecule has 198 valence electrons. The average molecular weight is 508 g/mol. The van der Waals surface area contributed by atoms with Crippen LogP contribution in [0.5, 0.6) is 5.88 Å². The zero-order valence-electron chi connectivity index (χ0n) is 22.0. The molecule has 1 aliphatic rings. The molecule has 3 heterocycles. The molecule has 1 atom stereocenters. The Hall–Kier alpha value is -3.66. The molecule has 1 amide bonds. The van der Waals surface area contributed by atoms with Crippen LogP contribution in [0.2, 0.25) is 0 Å². The van der Waals surface area contributed by atoms with Crippen molar-refractivity contribution in [3.8, 4) is 5.88 Å². The van der Waals surface area contributed by atoms with Gasteiger partial charge in [0.25, 0.3) is 0 Å². The smallest absolute Gasteiger partial charge is 0.410 e. The highest BCUT2D eigenvalue weighted by atomic mass is 16.6. The summed E-state index contributed by atoms with van der Waals surface area (Å²) in [6.45, 7) is 10.1. The second-order valence-corrected chi connectivity index (χ2v) is 10.3. The van der Waals surface area contributed by atoms with Gasteiger partial charge < -0.3 is 31.2 Å². The van der Waals surface area contributed by atoms with E-state index < -0.39 is 11.6 Å². The fraction of sp³-hybridized carbons (Fsp3) is 0.481. The van der Waals surface area contributed by atoms with Crippen molar-refractivity contribution < 1.29 is 14.3 Å². The summed E-state index contributed by atoms with van der Waals surface area (Å²) < 4.78 is 11.0. The van der Waals surface area contributed by atoms with Crippen LogP contribution in [0.4, 0.5) is 16.4 Å². The van der Waals surface area contributed by atoms with Crippen molar-refractivity contribution in [3.63, 3.8) is 0 Å². The molecular formula is C27H37N7O3. The molecule has 1 saturated heterocycles. The molecule has 1 fully saturated rings. The Kier molecular flexibility index (Phi) is 7.97. The van der Waals surface area contributed by atoms with Crippen LogP contribution in [-0.4, -0.2) is 57.8 Å². The van der Waals surface area contributed by atoms with Crippen LogP contribution in [0.1, 0.15) is 57.7 Å². The summed E-state index contributed by atoms with van der Waals surface area (Å²) in [7, 11) is 0. The van der Waals surface area contributed by atoms with Gasteiger partial charge in [0.1, 0.15) is 23.6 Å². The van der Waals surface area contributed by atoms with Crippen molar-refractivity contribution in [1.82, 2.24) is 19.9 Å². The standard InChI is InChI=1S/C27H37N7O3/c1-5-36-21-9-7-18-14-19(6-8-20(18)33-21)23(28)22-24(29)31-16-32-25(22)30-15-17-10-12-34(13-11-17)26(35)37-27(2,3)4/h6-9,14,16-17,23H,5,10-13,15,28H2,1-4H3,(H3,29,30,31,32). The van der Waals surface area contributed by atoms with Crippen molar-refractivity contribution in [3.05, 3.63) is 47.8 Å². The number of aromatic nitrogens is 3. The SMILES string of the molecule is CCOc1ccc2cc(C(N)c3c(N)ncnc3NCC3CCN(C(=O)OC(C)(C)C)CC3)ccc2n1. The fourth-order valence-electron chi connectivity index (χ4n) is 4.46. The Labute approximate surface area is 217 Å². The molecule has 0 bridgehead atoms. The first-order chi connectivity index (χ1) is 17.6. The van der Waals surface area contributed by atoms with Crippen molar-refractivity contribution in [2.45, 2.75) is 52.2 Å². The quantitative estimate of drug-likeness (QED) is 0.430. The Balaban J connectivity index is 1.43. The lowest BCUT2D eigenvalue weighted by molar-refractivity contribution is 0.0188. The molecule has 2 aromatic heterocycles. The van der Waals surface area contributed by atoms with Crippen LogP contribution in [0.3, 0.4) is 0 Å². The minimum atomic E-state index is -0.520. The number of rotatable bonds is 7. The lowest BCUT2D eigenvalue weighted by Gasteiger charge is -2.33. The lowest BCUT2D eigenvalue weighted by atomic mass is 9.96. The molecule has 0 spiro atoms. The summed E-state index contributed by atoms with van der Waals surface area (Å²) in [4.78, 5) is 27.3. The second-order valence-electron chi connectivity index (χ2n) is 10.3. The molecule has 10 heteroatoms. The van der Waals surface area contributed by atoms with Crippen LogP contribution in [-0.2, 0) is 4.74 Å². The third kappa shape index (κ3) is 6.56. The largest absolute Gasteiger partial charge is 0.478 e. The number of fused-ring (bicyclic) bond motifs is 1. The number of likely N-dealkylation sites (tertiary alicyclic amines) is 1. The maximum atomic E-state index is 12.4. The summed E-state index contributed by atoms with van der Waals surface area (Å²) >= 11 is 0. The minimum Gasteiger partial charge on any atom is -0.478 e. The summed E-state index contributed by atoms with van der Waals surface area (Å²) in [6.07, 6.45) is 2.93. The van der Waals surface area contributed by atoms with Gasteiger partial charge in [0.2, 0.25) is 5.88 Å². The van der Waals surface area contributed by atoms with E-state index in [2.05, 4.69) is 20.3 Å². The van der Waals surface area contributed by atoms with Crippen LogP contribution in [0.25, 0.3) is 10.9 Å². The van der Waals surface area contributed by atoms with Crippen molar-refractivity contribution in [1.29, 1.82) is 0 Å². The van der Waals surface area contributed by atoms with Crippen LogP contribution in [0.15, 0.2) is 36.7 Å². The molecule has 3 aromatic rings. The summed E-state index contributed by atoms with van der Waals surface area (Å²) in [5.41, 5.74) is 14.8. The molecule has 0 aliphatic carbocycles. The number of nitrogens with zero attached hydrogens (tertiary/aromatic N) is 4. The van der Waals surface area contributed by atoms with E-state index in [0.717, 1.165) is 29.3 Å². The second kappa shape index (κ2) is 11.2. The molecule has 0 radical (unpaired) electrons. The molecule has 1 unspecified atom stereocenters. The van der Waals surface area contributed by atoms with E-state index in [0.29, 0.717) is 55.2 Å². The van der Waals surface area contributed by atoms with Gasteiger partial charge in [-0.2, -0.15) is 0 Å². The molecule has 1 aliphatic heterocycles. The number of nitrogens with one attached hydrogen (secondary N) is 1. The highest BCUT2D eigenvalue weighted by molar-refractivity contribution is 5.80. The van der Waals surface area contributed by atoms with E-state index in [4.69, 9.17) is 20.9 Å². The monoisotopic (exact) mass is 507 g/mol. The van der Waals surface area contributed by atoms with Gasteiger partial charge in [0.05, 0.1) is 23.7 Å². The van der Waals surface area contributed by atoms with Gasteiger partial charge in [-0.05, 0) is 70.2 Å². The lowest BCUT2D eigenvalue weighted by Crippen LogP contribution is -2.42. The number of piperidine rings is 1. The molecule has 37 heavy (non-hydrogen) atoms. The van der Waals surface area contributed by atoms with E-state index in [9.17, 15) is 4.79 Å². The van der Waals surface area contributed by atoms with Gasteiger partial charge >= 0.3 is 6.09 Å². The number of pyridine rings is 1. The fourth-order valence-corrected chi connectivity index (χ4v) is 4.46. The van der Waals surface area contributed by atoms with Gasteiger partial charge in [-0.3, -0.25) is 0 Å². The first-order valence-electron chi connectivity index (χ1n) is 12.8. The zero-order valence-corrected chi connectivity index (χ0v) is 22.0. The number of carbonyl (C=O) groups is 1. The van der Waals surface area contributed by atoms with E-state index in [1.165, 1.54) is 6.33 Å². The minimum absolute atomic E-state index is 0.254. The number of ether oxygens (including phenoxy) is 2. The number of hydrogen-bond acceptors (Lipinski definition) is 9. The number of benzene rings is 1. The highest BCUT2D eigenvalue weighted by Crippen LogP contribution is 2.31. The summed E-state index contributed by atoms with van der Waals surface area (Å²) in [5, 5.41) is 4.40. The predicted octanol–water partition coefficient (Wildman–Crippen LogP) is 4.11. The van der Waals surface area contributed by atoms with Gasteiger partial charge in [-0.15, -0.1) is 0 Å². The Morgan fingerprint density at radius 1 is 1.19 bits per heavy atom. The number of amides is 1. The van der Waals surface area contributed by atoms with Crippen molar-refractivity contribution in [2.24, 2.45) is 11.7 Å². The molecule has 4 rings (SSSR count). The van der Waals surface area contributed by atoms with Gasteiger partial charge in [0, 0.05) is 31.1 Å². The molecule has 10 nitrogen and oxygen atoms in total. The van der Waals surface area contributed by atoms with Crippen LogP contribution >= 0.6 is 0 Å². The molecular weight excluding hydrogens is 470 g/mol. The summed E-state index contributed by atoms with van der Waals surface area (Å²) in [6, 6.07) is 9.18. The highest BCUT2D eigenvalue weighted by Gasteiger charge is 2.27. The maximum absolute atomic E-state index is 12.4. The average Bonchev–Trinajstić information content (AvgIpc) is 2.86. The van der Waals surface area contributed by atoms with Gasteiger partial charge in [-0.25, -0.2) is 19.7 Å². The Morgan fingerprint density at radius 3 is 2.65 bits per heavy atom. The Morgan fingerprint density at radius 2 is 1.95 bits per heavy atom. The third-order valence-electron chi connectivity index (χ3n) is 6.39. The molecule has 0 saturated carbocycles. The number of nitrogen functional groups attached to an aromatic ring is 1. The number of hydrogen-bond donors (Lipinski definition) is 3. The predicted molar refractivity (Wildman–Crippen MR) is 144 cm³/mol.